The minimum atomic E-state index is -0.205. The second-order valence-corrected chi connectivity index (χ2v) is 6.63. The average molecular weight is 350 g/mol. The number of hydrogen-bond acceptors (Lipinski definition) is 3. The van der Waals surface area contributed by atoms with Gasteiger partial charge in [0.15, 0.2) is 0 Å². The molecule has 0 spiro atoms. The van der Waals surface area contributed by atoms with Crippen molar-refractivity contribution in [3.8, 4) is 0 Å². The van der Waals surface area contributed by atoms with Crippen LogP contribution in [0.25, 0.3) is 0 Å². The molecule has 3 rings (SSSR count). The van der Waals surface area contributed by atoms with Crippen molar-refractivity contribution in [2.24, 2.45) is 5.92 Å². The van der Waals surface area contributed by atoms with Crippen LogP contribution < -0.4 is 5.32 Å². The zero-order valence-electron chi connectivity index (χ0n) is 13.5. The van der Waals surface area contributed by atoms with Crippen LogP contribution in [0.1, 0.15) is 17.9 Å². The first-order valence-corrected chi connectivity index (χ1v) is 8.40. The third-order valence-corrected chi connectivity index (χ3v) is 5.00. The molecule has 24 heavy (non-hydrogen) atoms. The standard InChI is InChI=1S/C17H20ClN3O3/c1-19-15(22)9-20-6-7-21(10-16(20)23)17(24)13-8-12(13)11-4-2-3-5-14(11)18/h2-5,12-13H,6-10H2,1H3,(H,19,22)/t12-,13+/m1/s1. The first kappa shape index (κ1) is 16.8. The number of carbonyl (C=O) groups excluding carboxylic acids is 3. The van der Waals surface area contributed by atoms with E-state index in [2.05, 4.69) is 5.32 Å². The molecule has 1 N–H and O–H groups in total. The fraction of sp³-hybridized carbons (Fsp3) is 0.471. The second kappa shape index (κ2) is 6.81. The van der Waals surface area contributed by atoms with E-state index in [1.54, 1.807) is 4.90 Å². The Labute approximate surface area is 145 Å². The van der Waals surface area contributed by atoms with Gasteiger partial charge in [-0.25, -0.2) is 0 Å². The Morgan fingerprint density at radius 1 is 1.29 bits per heavy atom. The number of carbonyl (C=O) groups is 3. The van der Waals surface area contributed by atoms with Crippen LogP contribution in [0, 0.1) is 5.92 Å². The van der Waals surface area contributed by atoms with E-state index >= 15 is 0 Å². The molecule has 0 unspecified atom stereocenters. The van der Waals surface area contributed by atoms with Gasteiger partial charge in [0, 0.05) is 31.1 Å². The summed E-state index contributed by atoms with van der Waals surface area (Å²) in [5.41, 5.74) is 1.00. The molecule has 0 aromatic heterocycles. The van der Waals surface area contributed by atoms with Crippen molar-refractivity contribution in [2.75, 3.05) is 33.2 Å². The highest BCUT2D eigenvalue weighted by Gasteiger charge is 2.47. The highest BCUT2D eigenvalue weighted by molar-refractivity contribution is 6.31. The van der Waals surface area contributed by atoms with Crippen molar-refractivity contribution in [3.05, 3.63) is 34.9 Å². The topological polar surface area (TPSA) is 69.7 Å². The van der Waals surface area contributed by atoms with Crippen molar-refractivity contribution in [2.45, 2.75) is 12.3 Å². The molecule has 1 heterocycles. The molecule has 2 atom stereocenters. The molecule has 1 aromatic rings. The zero-order chi connectivity index (χ0) is 17.3. The quantitative estimate of drug-likeness (QED) is 0.876. The fourth-order valence-corrected chi connectivity index (χ4v) is 3.41. The Morgan fingerprint density at radius 3 is 2.71 bits per heavy atom. The molecule has 1 aromatic carbocycles. The predicted octanol–water partition coefficient (Wildman–Crippen LogP) is 0.860. The third kappa shape index (κ3) is 3.38. The molecule has 6 nitrogen and oxygen atoms in total. The molecular weight excluding hydrogens is 330 g/mol. The number of piperazine rings is 1. The van der Waals surface area contributed by atoms with E-state index in [1.807, 2.05) is 24.3 Å². The summed E-state index contributed by atoms with van der Waals surface area (Å²) >= 11 is 6.20. The van der Waals surface area contributed by atoms with Crippen molar-refractivity contribution >= 4 is 29.3 Å². The highest BCUT2D eigenvalue weighted by Crippen LogP contribution is 2.50. The van der Waals surface area contributed by atoms with Crippen LogP contribution in [0.4, 0.5) is 0 Å². The molecule has 7 heteroatoms. The maximum atomic E-state index is 12.6. The van der Waals surface area contributed by atoms with Gasteiger partial charge in [0.25, 0.3) is 0 Å². The Hall–Kier alpha value is -2.08. The van der Waals surface area contributed by atoms with E-state index in [0.29, 0.717) is 18.1 Å². The average Bonchev–Trinajstić information content (AvgIpc) is 3.36. The predicted molar refractivity (Wildman–Crippen MR) is 89.5 cm³/mol. The lowest BCUT2D eigenvalue weighted by atomic mass is 10.1. The van der Waals surface area contributed by atoms with Crippen molar-refractivity contribution in [1.29, 1.82) is 0 Å². The Bertz CT molecular complexity index is 679. The highest BCUT2D eigenvalue weighted by atomic mass is 35.5. The normalized spacial score (nSPS) is 23.2. The number of nitrogens with one attached hydrogen (secondary N) is 1. The molecule has 2 aliphatic rings. The summed E-state index contributed by atoms with van der Waals surface area (Å²) < 4.78 is 0. The fourth-order valence-electron chi connectivity index (χ4n) is 3.14. The molecule has 1 saturated carbocycles. The van der Waals surface area contributed by atoms with Gasteiger partial charge in [0.1, 0.15) is 0 Å². The van der Waals surface area contributed by atoms with E-state index in [4.69, 9.17) is 11.6 Å². The lowest BCUT2D eigenvalue weighted by molar-refractivity contribution is -0.147. The first-order chi connectivity index (χ1) is 11.5. The van der Waals surface area contributed by atoms with Gasteiger partial charge in [0.2, 0.25) is 17.7 Å². The largest absolute Gasteiger partial charge is 0.358 e. The summed E-state index contributed by atoms with van der Waals surface area (Å²) in [6, 6.07) is 7.57. The minimum absolute atomic E-state index is 0.00728. The number of likely N-dealkylation sites (N-methyl/N-ethyl adjacent to an activating group) is 1. The molecule has 2 fully saturated rings. The van der Waals surface area contributed by atoms with Crippen LogP contribution in [0.3, 0.4) is 0 Å². The second-order valence-electron chi connectivity index (χ2n) is 6.22. The number of nitrogens with zero attached hydrogens (tertiary/aromatic N) is 2. The van der Waals surface area contributed by atoms with Gasteiger partial charge in [0.05, 0.1) is 13.1 Å². The van der Waals surface area contributed by atoms with Gasteiger partial charge < -0.3 is 15.1 Å². The van der Waals surface area contributed by atoms with Gasteiger partial charge >= 0.3 is 0 Å². The molecule has 1 saturated heterocycles. The van der Waals surface area contributed by atoms with Crippen molar-refractivity contribution in [3.63, 3.8) is 0 Å². The van der Waals surface area contributed by atoms with Gasteiger partial charge in [-0.2, -0.15) is 0 Å². The van der Waals surface area contributed by atoms with E-state index < -0.39 is 0 Å². The molecule has 1 aliphatic heterocycles. The summed E-state index contributed by atoms with van der Waals surface area (Å²) in [4.78, 5) is 39.2. The van der Waals surface area contributed by atoms with Crippen LogP contribution in [-0.4, -0.2) is 60.7 Å². The van der Waals surface area contributed by atoms with E-state index in [0.717, 1.165) is 12.0 Å². The van der Waals surface area contributed by atoms with E-state index in [9.17, 15) is 14.4 Å². The molecule has 128 valence electrons. The van der Waals surface area contributed by atoms with Crippen molar-refractivity contribution < 1.29 is 14.4 Å². The number of benzene rings is 1. The van der Waals surface area contributed by atoms with Gasteiger partial charge in [-0.15, -0.1) is 0 Å². The third-order valence-electron chi connectivity index (χ3n) is 4.66. The van der Waals surface area contributed by atoms with E-state index in [-0.39, 0.29) is 42.6 Å². The van der Waals surface area contributed by atoms with Crippen LogP contribution in [0.5, 0.6) is 0 Å². The lowest BCUT2D eigenvalue weighted by Gasteiger charge is -2.34. The minimum Gasteiger partial charge on any atom is -0.358 e. The van der Waals surface area contributed by atoms with Gasteiger partial charge in [-0.1, -0.05) is 29.8 Å². The molecule has 3 amide bonds. The van der Waals surface area contributed by atoms with Crippen LogP contribution in [0.2, 0.25) is 5.02 Å². The SMILES string of the molecule is CNC(=O)CN1CCN(C(=O)[C@H]2C[C@@H]2c2ccccc2Cl)CC1=O. The number of halogens is 1. The molecule has 0 bridgehead atoms. The maximum Gasteiger partial charge on any atom is 0.242 e. The van der Waals surface area contributed by atoms with Gasteiger partial charge in [-0.05, 0) is 24.0 Å². The van der Waals surface area contributed by atoms with Crippen LogP contribution in [0.15, 0.2) is 24.3 Å². The molecular formula is C17H20ClN3O3. The number of rotatable bonds is 4. The maximum absolute atomic E-state index is 12.6. The van der Waals surface area contributed by atoms with Crippen LogP contribution >= 0.6 is 11.6 Å². The molecule has 0 radical (unpaired) electrons. The molecule has 1 aliphatic carbocycles. The monoisotopic (exact) mass is 349 g/mol. The van der Waals surface area contributed by atoms with E-state index in [1.165, 1.54) is 11.9 Å². The summed E-state index contributed by atoms with van der Waals surface area (Å²) in [6.45, 7) is 0.944. The zero-order valence-corrected chi connectivity index (χ0v) is 14.3. The summed E-state index contributed by atoms with van der Waals surface area (Å²) in [6.07, 6.45) is 0.773. The van der Waals surface area contributed by atoms with Crippen LogP contribution in [-0.2, 0) is 14.4 Å². The smallest absolute Gasteiger partial charge is 0.242 e. The Balaban J connectivity index is 1.57. The van der Waals surface area contributed by atoms with Gasteiger partial charge in [-0.3, -0.25) is 14.4 Å². The first-order valence-electron chi connectivity index (χ1n) is 8.03. The summed E-state index contributed by atoms with van der Waals surface area (Å²) in [7, 11) is 1.54. The number of amides is 3. The Morgan fingerprint density at radius 2 is 2.04 bits per heavy atom. The van der Waals surface area contributed by atoms with Crippen molar-refractivity contribution in [1.82, 2.24) is 15.1 Å². The lowest BCUT2D eigenvalue weighted by Crippen LogP contribution is -2.54. The summed E-state index contributed by atoms with van der Waals surface area (Å²) in [5.74, 6) is -0.335. The summed E-state index contributed by atoms with van der Waals surface area (Å²) in [5, 5.41) is 3.18. The number of hydrogen-bond donors (Lipinski definition) is 1. The Kier molecular flexibility index (Phi) is 4.76.